The van der Waals surface area contributed by atoms with Gasteiger partial charge in [-0.25, -0.2) is 10.1 Å². The van der Waals surface area contributed by atoms with Crippen LogP contribution in [0.3, 0.4) is 0 Å². The van der Waals surface area contributed by atoms with Gasteiger partial charge in [0.15, 0.2) is 5.69 Å². The summed E-state index contributed by atoms with van der Waals surface area (Å²) >= 11 is 0. The molecule has 1 amide bonds. The first kappa shape index (κ1) is 22.1. The number of aromatic nitrogens is 5. The van der Waals surface area contributed by atoms with E-state index in [0.717, 1.165) is 10.2 Å². The Hall–Kier alpha value is -5.14. The molecule has 2 aromatic heterocycles. The number of nitro benzene ring substituents is 1. The third kappa shape index (κ3) is 4.27. The van der Waals surface area contributed by atoms with Crippen LogP contribution in [0, 0.1) is 10.1 Å². The number of non-ortho nitro benzene ring substituents is 1. The summed E-state index contributed by atoms with van der Waals surface area (Å²) in [5, 5.41) is 30.4. The zero-order valence-electron chi connectivity index (χ0n) is 17.9. The average molecular weight is 463 g/mol. The predicted molar refractivity (Wildman–Crippen MR) is 118 cm³/mol. The second-order valence-corrected chi connectivity index (χ2v) is 6.85. The van der Waals surface area contributed by atoms with Crippen molar-refractivity contribution in [3.05, 3.63) is 69.9 Å². The molecule has 0 saturated heterocycles. The maximum Gasteiger partial charge on any atom is 0.294 e. The number of methoxy groups -OCH3 is 1. The van der Waals surface area contributed by atoms with Crippen LogP contribution in [0.1, 0.15) is 23.0 Å². The number of nitrogens with two attached hydrogens (primary N) is 1. The molecule has 2 heterocycles. The Morgan fingerprint density at radius 2 is 2.00 bits per heavy atom. The molecule has 4 rings (SSSR count). The lowest BCUT2D eigenvalue weighted by Crippen LogP contribution is -2.21. The van der Waals surface area contributed by atoms with Gasteiger partial charge >= 0.3 is 0 Å². The molecule has 14 heteroatoms. The summed E-state index contributed by atoms with van der Waals surface area (Å²) in [6.07, 6.45) is 0. The molecule has 0 aliphatic rings. The molecule has 34 heavy (non-hydrogen) atoms. The maximum absolute atomic E-state index is 13.0. The second kappa shape index (κ2) is 9.15. The van der Waals surface area contributed by atoms with E-state index >= 15 is 0 Å². The maximum atomic E-state index is 13.0. The van der Waals surface area contributed by atoms with Crippen LogP contribution in [0.2, 0.25) is 0 Å². The van der Waals surface area contributed by atoms with Crippen LogP contribution in [0.5, 0.6) is 5.75 Å². The van der Waals surface area contributed by atoms with E-state index in [2.05, 4.69) is 35.8 Å². The first-order valence-electron chi connectivity index (χ1n) is 9.67. The van der Waals surface area contributed by atoms with Crippen molar-refractivity contribution >= 4 is 23.1 Å². The Balaban J connectivity index is 1.72. The molecule has 14 nitrogen and oxygen atoms in total. The van der Waals surface area contributed by atoms with Crippen molar-refractivity contribution in [3.63, 3.8) is 0 Å². The number of hydrazone groups is 1. The smallest absolute Gasteiger partial charge is 0.294 e. The van der Waals surface area contributed by atoms with Gasteiger partial charge in [0.05, 0.1) is 17.7 Å². The highest BCUT2D eigenvalue weighted by Gasteiger charge is 2.26. The van der Waals surface area contributed by atoms with Gasteiger partial charge < -0.3 is 10.5 Å². The fourth-order valence-electron chi connectivity index (χ4n) is 3.03. The van der Waals surface area contributed by atoms with E-state index in [1.165, 1.54) is 18.2 Å². The molecular weight excluding hydrogens is 446 g/mol. The van der Waals surface area contributed by atoms with Gasteiger partial charge in [0.1, 0.15) is 11.4 Å². The fourth-order valence-corrected chi connectivity index (χ4v) is 3.03. The summed E-state index contributed by atoms with van der Waals surface area (Å²) in [6.45, 7) is 1.71. The summed E-state index contributed by atoms with van der Waals surface area (Å²) in [4.78, 5) is 23.7. The molecule has 4 aromatic rings. The van der Waals surface area contributed by atoms with E-state index in [1.54, 1.807) is 44.4 Å². The minimum atomic E-state index is -0.712. The molecule has 0 fully saturated rings. The number of anilines is 1. The monoisotopic (exact) mass is 463 g/mol. The Labute approximate surface area is 191 Å². The molecule has 3 N–H and O–H groups in total. The van der Waals surface area contributed by atoms with Crippen LogP contribution >= 0.6 is 0 Å². The van der Waals surface area contributed by atoms with Gasteiger partial charge in [-0.2, -0.15) is 9.78 Å². The van der Waals surface area contributed by atoms with Crippen molar-refractivity contribution in [1.29, 1.82) is 0 Å². The minimum absolute atomic E-state index is 0.0361. The molecule has 2 aromatic carbocycles. The first-order valence-corrected chi connectivity index (χ1v) is 9.67. The van der Waals surface area contributed by atoms with Gasteiger partial charge in [-0.15, -0.1) is 5.10 Å². The molecule has 0 aliphatic heterocycles. The van der Waals surface area contributed by atoms with Gasteiger partial charge in [-0.05, 0) is 47.1 Å². The quantitative estimate of drug-likeness (QED) is 0.233. The number of amides is 1. The van der Waals surface area contributed by atoms with Crippen LogP contribution in [0.15, 0.2) is 58.3 Å². The lowest BCUT2D eigenvalue weighted by molar-refractivity contribution is -0.384. The van der Waals surface area contributed by atoms with E-state index in [9.17, 15) is 14.9 Å². The van der Waals surface area contributed by atoms with Crippen molar-refractivity contribution in [2.75, 3.05) is 12.8 Å². The SMILES string of the molecule is COc1ccc(/C(C)=N\NC(=O)c2nnn(-c3nonc3N)c2-c2cccc([N+](=O)[O-])c2)cc1. The van der Waals surface area contributed by atoms with E-state index in [1.807, 2.05) is 0 Å². The van der Waals surface area contributed by atoms with Crippen molar-refractivity contribution < 1.29 is 19.1 Å². The summed E-state index contributed by atoms with van der Waals surface area (Å²) in [5.41, 5.74) is 9.45. The molecule has 172 valence electrons. The lowest BCUT2D eigenvalue weighted by atomic mass is 10.1. The van der Waals surface area contributed by atoms with Crippen molar-refractivity contribution in [2.45, 2.75) is 6.92 Å². The van der Waals surface area contributed by atoms with Crippen LogP contribution in [0.25, 0.3) is 17.1 Å². The Morgan fingerprint density at radius 1 is 1.24 bits per heavy atom. The van der Waals surface area contributed by atoms with Gasteiger partial charge in [-0.1, -0.05) is 17.3 Å². The molecular formula is C20H17N9O5. The van der Waals surface area contributed by atoms with Gasteiger partial charge in [0, 0.05) is 17.7 Å². The normalized spacial score (nSPS) is 11.3. The van der Waals surface area contributed by atoms with E-state index in [-0.39, 0.29) is 34.3 Å². The molecule has 0 atom stereocenters. The summed E-state index contributed by atoms with van der Waals surface area (Å²) in [7, 11) is 1.56. The van der Waals surface area contributed by atoms with Crippen LogP contribution in [-0.4, -0.2) is 49.0 Å². The second-order valence-electron chi connectivity index (χ2n) is 6.85. The Kier molecular flexibility index (Phi) is 5.94. The number of nitrogen functional groups attached to an aromatic ring is 1. The highest BCUT2D eigenvalue weighted by molar-refractivity contribution is 6.02. The highest BCUT2D eigenvalue weighted by atomic mass is 16.6. The number of nitrogens with one attached hydrogen (secondary N) is 1. The number of benzene rings is 2. The third-order valence-corrected chi connectivity index (χ3v) is 4.74. The molecule has 0 aliphatic carbocycles. The number of nitro groups is 1. The lowest BCUT2D eigenvalue weighted by Gasteiger charge is -2.06. The zero-order chi connectivity index (χ0) is 24.2. The minimum Gasteiger partial charge on any atom is -0.497 e. The van der Waals surface area contributed by atoms with Gasteiger partial charge in [0.2, 0.25) is 11.6 Å². The summed E-state index contributed by atoms with van der Waals surface area (Å²) in [5.74, 6) is -0.182. The third-order valence-electron chi connectivity index (χ3n) is 4.74. The number of ether oxygens (including phenoxy) is 1. The molecule has 0 bridgehead atoms. The number of hydrogen-bond donors (Lipinski definition) is 2. The van der Waals surface area contributed by atoms with Gasteiger partial charge in [0.25, 0.3) is 11.6 Å². The molecule has 0 spiro atoms. The largest absolute Gasteiger partial charge is 0.497 e. The summed E-state index contributed by atoms with van der Waals surface area (Å²) in [6, 6.07) is 12.7. The highest BCUT2D eigenvalue weighted by Crippen LogP contribution is 2.29. The number of carbonyl (C=O) groups is 1. The van der Waals surface area contributed by atoms with Crippen LogP contribution in [0.4, 0.5) is 11.5 Å². The number of nitrogens with zero attached hydrogens (tertiary/aromatic N) is 7. The van der Waals surface area contributed by atoms with E-state index in [0.29, 0.717) is 11.5 Å². The van der Waals surface area contributed by atoms with Crippen LogP contribution < -0.4 is 15.9 Å². The average Bonchev–Trinajstić information content (AvgIpc) is 3.48. The number of hydrogen-bond acceptors (Lipinski definition) is 11. The topological polar surface area (TPSA) is 189 Å². The summed E-state index contributed by atoms with van der Waals surface area (Å²) < 4.78 is 10.9. The van der Waals surface area contributed by atoms with Crippen molar-refractivity contribution in [1.82, 2.24) is 30.7 Å². The standard InChI is InChI=1S/C20H17N9O5/c1-11(12-6-8-15(33-2)9-7-12)22-24-20(30)16-17(13-4-3-5-14(10-13)29(31)32)28(27-23-16)19-18(21)25-34-26-19/h3-10H,1-2H3,(H2,21,25)(H,24,30)/b22-11-. The number of rotatable bonds is 7. The van der Waals surface area contributed by atoms with Gasteiger partial charge in [-0.3, -0.25) is 14.9 Å². The van der Waals surface area contributed by atoms with Crippen molar-refractivity contribution in [2.24, 2.45) is 5.10 Å². The first-order chi connectivity index (χ1) is 16.4. The Morgan fingerprint density at radius 3 is 2.65 bits per heavy atom. The molecule has 0 saturated carbocycles. The molecule has 0 unspecified atom stereocenters. The van der Waals surface area contributed by atoms with E-state index < -0.39 is 10.8 Å². The van der Waals surface area contributed by atoms with Crippen LogP contribution in [-0.2, 0) is 0 Å². The van der Waals surface area contributed by atoms with Crippen molar-refractivity contribution in [3.8, 4) is 22.8 Å². The Bertz CT molecular complexity index is 1390. The molecule has 0 radical (unpaired) electrons. The zero-order valence-corrected chi connectivity index (χ0v) is 17.9. The predicted octanol–water partition coefficient (Wildman–Crippen LogP) is 1.97. The fraction of sp³-hybridized carbons (Fsp3) is 0.100. The van der Waals surface area contributed by atoms with E-state index in [4.69, 9.17) is 10.5 Å². The number of carbonyl (C=O) groups excluding carboxylic acids is 1.